The number of hydrogen-bond acceptors (Lipinski definition) is 2. The van der Waals surface area contributed by atoms with E-state index in [0.29, 0.717) is 17.7 Å². The average Bonchev–Trinajstić information content (AvgIpc) is 3.10. The Morgan fingerprint density at radius 2 is 1.89 bits per heavy atom. The molecule has 0 N–H and O–H groups in total. The van der Waals surface area contributed by atoms with Gasteiger partial charge in [-0.05, 0) is 43.4 Å². The van der Waals surface area contributed by atoms with Gasteiger partial charge in [0.15, 0.2) is 11.8 Å². The van der Waals surface area contributed by atoms with Gasteiger partial charge >= 0.3 is 0 Å². The first-order chi connectivity index (χ1) is 15.1. The molecule has 136 valence electrons. The molecule has 0 bridgehead atoms. The van der Waals surface area contributed by atoms with Crippen molar-refractivity contribution in [1.29, 1.82) is 0 Å². The van der Waals surface area contributed by atoms with Crippen LogP contribution in [-0.4, -0.2) is 4.98 Å². The fourth-order valence-electron chi connectivity index (χ4n) is 3.82. The van der Waals surface area contributed by atoms with Gasteiger partial charge in [-0.15, -0.1) is 0 Å². The molecule has 0 aliphatic heterocycles. The van der Waals surface area contributed by atoms with E-state index in [0.717, 1.165) is 27.6 Å². The molecule has 0 saturated heterocycles. The van der Waals surface area contributed by atoms with Crippen LogP contribution in [0, 0.1) is 6.92 Å². The Balaban J connectivity index is 1.77. The van der Waals surface area contributed by atoms with Crippen molar-refractivity contribution in [3.05, 3.63) is 59.9 Å². The molecule has 1 fully saturated rings. The fraction of sp³-hybridized carbons (Fsp3) is 0.333. The van der Waals surface area contributed by atoms with E-state index in [9.17, 15) is 0 Å². The summed E-state index contributed by atoms with van der Waals surface area (Å²) in [5.41, 5.74) is 4.05. The van der Waals surface area contributed by atoms with Crippen LogP contribution < -0.4 is 4.57 Å². The Morgan fingerprint density at radius 1 is 1.07 bits per heavy atom. The summed E-state index contributed by atoms with van der Waals surface area (Å²) in [6.07, 6.45) is -1.44. The second-order valence-corrected chi connectivity index (χ2v) is 7.06. The van der Waals surface area contributed by atoms with Gasteiger partial charge in [0.2, 0.25) is 11.4 Å². The summed E-state index contributed by atoms with van der Waals surface area (Å²) in [6, 6.07) is 13.4. The van der Waals surface area contributed by atoms with Gasteiger partial charge in [-0.25, -0.2) is 9.55 Å². The summed E-state index contributed by atoms with van der Waals surface area (Å²) in [4.78, 5) is 4.55. The van der Waals surface area contributed by atoms with Crippen LogP contribution >= 0.6 is 0 Å². The number of rotatable bonds is 2. The average molecular weight is 363 g/mol. The number of benzene rings is 1. The van der Waals surface area contributed by atoms with Crippen LogP contribution in [-0.2, 0) is 7.05 Å². The topological polar surface area (TPSA) is 29.9 Å². The number of pyridine rings is 2. The third-order valence-corrected chi connectivity index (χ3v) is 5.24. The smallest absolute Gasteiger partial charge is 0.227 e. The van der Waals surface area contributed by atoms with Crippen molar-refractivity contribution < 1.29 is 15.8 Å². The van der Waals surface area contributed by atoms with Crippen LogP contribution in [0.4, 0.5) is 0 Å². The second-order valence-electron chi connectivity index (χ2n) is 7.06. The number of aryl methyl sites for hydroxylation is 2. The number of nitrogens with zero attached hydrogens (tertiary/aromatic N) is 2. The molecule has 0 amide bonds. The molecule has 3 heteroatoms. The minimum atomic E-state index is -2.12. The predicted molar refractivity (Wildman–Crippen MR) is 109 cm³/mol. The summed E-state index contributed by atoms with van der Waals surface area (Å²) in [7, 11) is 1.98. The Morgan fingerprint density at radius 3 is 2.70 bits per heavy atom. The zero-order chi connectivity index (χ0) is 22.9. The van der Waals surface area contributed by atoms with E-state index in [1.54, 1.807) is 12.1 Å². The second kappa shape index (κ2) is 6.49. The number of hydrogen-bond donors (Lipinski definition) is 0. The molecule has 1 aliphatic rings. The Kier molecular flexibility index (Phi) is 2.86. The molecule has 27 heavy (non-hydrogen) atoms. The van der Waals surface area contributed by atoms with E-state index in [1.165, 1.54) is 0 Å². The normalized spacial score (nSPS) is 23.3. The Labute approximate surface area is 166 Å². The molecule has 5 rings (SSSR count). The van der Waals surface area contributed by atoms with E-state index in [2.05, 4.69) is 4.98 Å². The summed E-state index contributed by atoms with van der Waals surface area (Å²) < 4.78 is 51.0. The van der Waals surface area contributed by atoms with Crippen LogP contribution in [0.2, 0.25) is 0 Å². The van der Waals surface area contributed by atoms with E-state index in [4.69, 9.17) is 11.3 Å². The van der Waals surface area contributed by atoms with Gasteiger partial charge in [0.25, 0.3) is 0 Å². The van der Waals surface area contributed by atoms with Crippen molar-refractivity contribution in [2.75, 3.05) is 0 Å². The maximum absolute atomic E-state index is 8.96. The first kappa shape index (κ1) is 11.9. The maximum atomic E-state index is 8.96. The van der Waals surface area contributed by atoms with Crippen molar-refractivity contribution in [2.45, 2.75) is 44.8 Å². The highest BCUT2D eigenvalue weighted by atomic mass is 16.3. The Hall–Kier alpha value is -2.68. The van der Waals surface area contributed by atoms with Crippen molar-refractivity contribution in [3.8, 4) is 11.3 Å². The van der Waals surface area contributed by atoms with Crippen molar-refractivity contribution in [2.24, 2.45) is 7.05 Å². The maximum Gasteiger partial charge on any atom is 0.227 e. The summed E-state index contributed by atoms with van der Waals surface area (Å²) >= 11 is 0. The highest BCUT2D eigenvalue weighted by molar-refractivity contribution is 6.08. The monoisotopic (exact) mass is 362 g/mol. The van der Waals surface area contributed by atoms with Crippen LogP contribution in [0.3, 0.4) is 0 Å². The highest BCUT2D eigenvalue weighted by Crippen LogP contribution is 2.38. The summed E-state index contributed by atoms with van der Waals surface area (Å²) in [5, 5.41) is 1.65. The van der Waals surface area contributed by atoms with Gasteiger partial charge in [0.05, 0.1) is 5.56 Å². The largest absolute Gasteiger partial charge is 0.437 e. The molecule has 0 unspecified atom stereocenters. The van der Waals surface area contributed by atoms with Crippen LogP contribution in [0.1, 0.15) is 56.0 Å². The SMILES string of the molecule is [2H]C1([2H])CCCC([2H])([2H])C1([2H])c1ccc2c(n1)oc1c(-c3cccc[n+]3C)c(C)ccc12. The van der Waals surface area contributed by atoms with E-state index >= 15 is 0 Å². The molecule has 0 atom stereocenters. The quantitative estimate of drug-likeness (QED) is 0.420. The molecule has 0 spiro atoms. The van der Waals surface area contributed by atoms with Gasteiger partial charge in [0, 0.05) is 41.3 Å². The van der Waals surface area contributed by atoms with Gasteiger partial charge in [0.1, 0.15) is 7.05 Å². The minimum absolute atomic E-state index is 0.0716. The minimum Gasteiger partial charge on any atom is -0.437 e. The van der Waals surface area contributed by atoms with Crippen LogP contribution in [0.15, 0.2) is 53.1 Å². The van der Waals surface area contributed by atoms with Crippen LogP contribution in [0.5, 0.6) is 0 Å². The third-order valence-electron chi connectivity index (χ3n) is 5.24. The number of furan rings is 1. The van der Waals surface area contributed by atoms with Crippen molar-refractivity contribution in [3.63, 3.8) is 0 Å². The first-order valence-electron chi connectivity index (χ1n) is 11.9. The van der Waals surface area contributed by atoms with Crippen molar-refractivity contribution in [1.82, 2.24) is 4.98 Å². The third kappa shape index (κ3) is 2.73. The lowest BCUT2D eigenvalue weighted by Gasteiger charge is -2.20. The molecule has 1 aliphatic carbocycles. The molecule has 1 saturated carbocycles. The lowest BCUT2D eigenvalue weighted by Crippen LogP contribution is -2.30. The van der Waals surface area contributed by atoms with E-state index in [-0.39, 0.29) is 18.5 Å². The zero-order valence-electron chi connectivity index (χ0n) is 20.5. The zero-order valence-corrected chi connectivity index (χ0v) is 15.5. The molecular weight excluding hydrogens is 332 g/mol. The lowest BCUT2D eigenvalue weighted by atomic mass is 9.86. The van der Waals surface area contributed by atoms with E-state index < -0.39 is 18.6 Å². The summed E-state index contributed by atoms with van der Waals surface area (Å²) in [6.45, 7) is 2.03. The molecule has 3 nitrogen and oxygen atoms in total. The lowest BCUT2D eigenvalue weighted by molar-refractivity contribution is -0.660. The Bertz CT molecular complexity index is 1350. The molecule has 3 aromatic heterocycles. The molecule has 4 aromatic rings. The van der Waals surface area contributed by atoms with E-state index in [1.807, 2.05) is 55.1 Å². The predicted octanol–water partition coefficient (Wildman–Crippen LogP) is 5.83. The van der Waals surface area contributed by atoms with Crippen LogP contribution in [0.25, 0.3) is 33.3 Å². The summed E-state index contributed by atoms with van der Waals surface area (Å²) in [5.74, 6) is -2.12. The molecular formula is C24H25N2O+. The number of aromatic nitrogens is 2. The number of fused-ring (bicyclic) bond motifs is 3. The van der Waals surface area contributed by atoms with Gasteiger partial charge in [-0.2, -0.15) is 0 Å². The first-order valence-corrected chi connectivity index (χ1v) is 9.35. The standard InChI is InChI=1S/C24H25N2O/c1-16-11-12-18-19-13-14-20(17-8-4-3-5-9-17)25-24(19)27-23(18)22(16)21-10-6-7-15-26(21)2/h6-7,10-15,17H,3-5,8-9H2,1-2H3/q+1/i8D2,9D2,17D. The molecule has 3 heterocycles. The van der Waals surface area contributed by atoms with Crippen molar-refractivity contribution >= 4 is 22.1 Å². The molecule has 0 radical (unpaired) electrons. The molecule has 1 aromatic carbocycles. The fourth-order valence-corrected chi connectivity index (χ4v) is 3.82. The highest BCUT2D eigenvalue weighted by Gasteiger charge is 2.22. The van der Waals surface area contributed by atoms with Gasteiger partial charge in [-0.1, -0.05) is 31.4 Å². The van der Waals surface area contributed by atoms with Gasteiger partial charge in [-0.3, -0.25) is 0 Å². The van der Waals surface area contributed by atoms with Gasteiger partial charge < -0.3 is 4.42 Å².